The van der Waals surface area contributed by atoms with Crippen LogP contribution in [0.5, 0.6) is 5.75 Å². The monoisotopic (exact) mass is 349 g/mol. The van der Waals surface area contributed by atoms with Gasteiger partial charge in [-0.05, 0) is 48.6 Å². The Bertz CT molecular complexity index is 690. The minimum atomic E-state index is -0.222. The largest absolute Gasteiger partial charge is 0.507 e. The summed E-state index contributed by atoms with van der Waals surface area (Å²) in [5, 5.41) is 10.2. The third-order valence-electron chi connectivity index (χ3n) is 4.18. The van der Waals surface area contributed by atoms with E-state index in [2.05, 4.69) is 11.8 Å². The van der Waals surface area contributed by atoms with Crippen molar-refractivity contribution in [2.45, 2.75) is 23.1 Å². The molecule has 2 aromatic carbocycles. The highest BCUT2D eigenvalue weighted by Gasteiger charge is 2.24. The molecule has 0 unspecified atom stereocenters. The van der Waals surface area contributed by atoms with Crippen LogP contribution in [0.2, 0.25) is 0 Å². The molecule has 122 valence electrons. The van der Waals surface area contributed by atoms with E-state index in [9.17, 15) is 9.50 Å². The lowest BCUT2D eigenvalue weighted by atomic mass is 10.1. The molecule has 0 amide bonds. The minimum absolute atomic E-state index is 0.222. The number of aromatic hydroxyl groups is 1. The zero-order valence-electron chi connectivity index (χ0n) is 13.3. The van der Waals surface area contributed by atoms with Crippen molar-refractivity contribution in [2.24, 2.45) is 5.92 Å². The summed E-state index contributed by atoms with van der Waals surface area (Å²) in [5.74, 6) is 1.69. The Morgan fingerprint density at radius 2 is 2.04 bits per heavy atom. The van der Waals surface area contributed by atoms with E-state index in [0.717, 1.165) is 39.9 Å². The molecule has 23 heavy (non-hydrogen) atoms. The molecule has 1 N–H and O–H groups in total. The summed E-state index contributed by atoms with van der Waals surface area (Å²) in [6.45, 7) is 3.11. The molecule has 5 heteroatoms. The topological polar surface area (TPSA) is 23.5 Å². The van der Waals surface area contributed by atoms with Crippen molar-refractivity contribution in [3.05, 3.63) is 42.2 Å². The van der Waals surface area contributed by atoms with Gasteiger partial charge in [-0.25, -0.2) is 4.39 Å². The summed E-state index contributed by atoms with van der Waals surface area (Å²) in [6, 6.07) is 10.6. The molecule has 1 heterocycles. The number of phenolic OH excluding ortho intramolecular Hbond substituents is 1. The van der Waals surface area contributed by atoms with Crippen LogP contribution in [-0.4, -0.2) is 23.7 Å². The highest BCUT2D eigenvalue weighted by Crippen LogP contribution is 2.44. The Balaban J connectivity index is 2.10. The number of benzene rings is 2. The van der Waals surface area contributed by atoms with Gasteiger partial charge in [0.2, 0.25) is 0 Å². The molecule has 2 nitrogen and oxygen atoms in total. The Hall–Kier alpha value is -1.33. The average Bonchev–Trinajstić information content (AvgIpc) is 2.74. The van der Waals surface area contributed by atoms with Gasteiger partial charge in [0.05, 0.1) is 10.6 Å². The molecule has 0 bridgehead atoms. The minimum Gasteiger partial charge on any atom is -0.507 e. The maximum Gasteiger partial charge on any atom is 0.130 e. The predicted molar refractivity (Wildman–Crippen MR) is 97.8 cm³/mol. The molecule has 0 radical (unpaired) electrons. The van der Waals surface area contributed by atoms with Crippen molar-refractivity contribution >= 4 is 34.9 Å². The van der Waals surface area contributed by atoms with Crippen LogP contribution in [0.15, 0.2) is 46.2 Å². The van der Waals surface area contributed by atoms with E-state index in [1.165, 1.54) is 23.9 Å². The molecule has 1 atom stereocenters. The summed E-state index contributed by atoms with van der Waals surface area (Å²) >= 11 is 3.33. The van der Waals surface area contributed by atoms with Gasteiger partial charge in [-0.15, -0.1) is 23.5 Å². The summed E-state index contributed by atoms with van der Waals surface area (Å²) < 4.78 is 13.3. The number of anilines is 2. The smallest absolute Gasteiger partial charge is 0.130 e. The first-order valence-electron chi connectivity index (χ1n) is 7.69. The molecular formula is C18H20FNOS2. The van der Waals surface area contributed by atoms with Crippen molar-refractivity contribution in [1.82, 2.24) is 0 Å². The highest BCUT2D eigenvalue weighted by atomic mass is 32.2. The van der Waals surface area contributed by atoms with E-state index >= 15 is 0 Å². The standard InChI is InChI=1S/C18H20FNOS2/c1-3-12-10-20(14-6-4-13(19)5-7-14)15-8-18(22-2)16(21)9-17(15)23-11-12/h4-9,12,21H,3,10-11H2,1-2H3/t12-/m0/s1. The molecule has 0 saturated carbocycles. The molecule has 2 aromatic rings. The van der Waals surface area contributed by atoms with Crippen molar-refractivity contribution in [2.75, 3.05) is 23.5 Å². The summed E-state index contributed by atoms with van der Waals surface area (Å²) in [5.41, 5.74) is 2.09. The normalized spacial score (nSPS) is 17.7. The number of phenols is 1. The van der Waals surface area contributed by atoms with Gasteiger partial charge >= 0.3 is 0 Å². The van der Waals surface area contributed by atoms with Crippen molar-refractivity contribution in [3.8, 4) is 5.75 Å². The van der Waals surface area contributed by atoms with Crippen LogP contribution in [0.1, 0.15) is 13.3 Å². The van der Waals surface area contributed by atoms with Crippen LogP contribution in [-0.2, 0) is 0 Å². The second-order valence-corrected chi connectivity index (χ2v) is 7.57. The van der Waals surface area contributed by atoms with E-state index in [1.54, 1.807) is 11.8 Å². The molecule has 0 spiro atoms. The number of nitrogens with zero attached hydrogens (tertiary/aromatic N) is 1. The lowest BCUT2D eigenvalue weighted by Gasteiger charge is -2.27. The Morgan fingerprint density at radius 3 is 2.70 bits per heavy atom. The lowest BCUT2D eigenvalue weighted by Crippen LogP contribution is -2.24. The van der Waals surface area contributed by atoms with Crippen LogP contribution < -0.4 is 4.90 Å². The maximum atomic E-state index is 13.3. The molecule has 1 aliphatic heterocycles. The number of hydrogen-bond donors (Lipinski definition) is 1. The van der Waals surface area contributed by atoms with Gasteiger partial charge < -0.3 is 10.0 Å². The van der Waals surface area contributed by atoms with Gasteiger partial charge in [0, 0.05) is 22.9 Å². The van der Waals surface area contributed by atoms with E-state index in [-0.39, 0.29) is 5.82 Å². The third-order valence-corrected chi connectivity index (χ3v) is 6.23. The van der Waals surface area contributed by atoms with E-state index in [0.29, 0.717) is 11.7 Å². The fraction of sp³-hybridized carbons (Fsp3) is 0.333. The maximum absolute atomic E-state index is 13.3. The fourth-order valence-corrected chi connectivity index (χ4v) is 4.52. The fourth-order valence-electron chi connectivity index (χ4n) is 2.76. The van der Waals surface area contributed by atoms with Gasteiger partial charge in [-0.2, -0.15) is 0 Å². The zero-order valence-corrected chi connectivity index (χ0v) is 14.9. The van der Waals surface area contributed by atoms with Gasteiger partial charge in [0.25, 0.3) is 0 Å². The number of thioether (sulfide) groups is 2. The van der Waals surface area contributed by atoms with Gasteiger partial charge in [-0.3, -0.25) is 0 Å². The van der Waals surface area contributed by atoms with Crippen LogP contribution in [0.25, 0.3) is 0 Å². The van der Waals surface area contributed by atoms with Crippen LogP contribution in [0, 0.1) is 11.7 Å². The molecule has 0 aliphatic carbocycles. The summed E-state index contributed by atoms with van der Waals surface area (Å²) in [7, 11) is 0. The molecule has 0 saturated heterocycles. The zero-order chi connectivity index (χ0) is 16.4. The highest BCUT2D eigenvalue weighted by molar-refractivity contribution is 7.99. The molecular weight excluding hydrogens is 329 g/mol. The number of halogens is 1. The second kappa shape index (κ2) is 7.05. The predicted octanol–water partition coefficient (Wildman–Crippen LogP) is 5.52. The first-order valence-corrected chi connectivity index (χ1v) is 9.90. The Morgan fingerprint density at radius 1 is 1.30 bits per heavy atom. The van der Waals surface area contributed by atoms with E-state index in [1.807, 2.05) is 30.5 Å². The Labute approximate surface area is 145 Å². The van der Waals surface area contributed by atoms with Crippen molar-refractivity contribution in [3.63, 3.8) is 0 Å². The summed E-state index contributed by atoms with van der Waals surface area (Å²) in [4.78, 5) is 4.20. The second-order valence-electron chi connectivity index (χ2n) is 5.66. The lowest BCUT2D eigenvalue weighted by molar-refractivity contribution is 0.461. The average molecular weight is 349 g/mol. The van der Waals surface area contributed by atoms with Crippen LogP contribution in [0.3, 0.4) is 0 Å². The van der Waals surface area contributed by atoms with E-state index < -0.39 is 0 Å². The molecule has 0 aromatic heterocycles. The molecule has 3 rings (SSSR count). The van der Waals surface area contributed by atoms with Crippen molar-refractivity contribution in [1.29, 1.82) is 0 Å². The number of rotatable bonds is 3. The van der Waals surface area contributed by atoms with Crippen LogP contribution in [0.4, 0.5) is 15.8 Å². The SMILES string of the molecule is CC[C@@H]1CSc2cc(O)c(SC)cc2N(c2ccc(F)cc2)C1. The Kier molecular flexibility index (Phi) is 5.07. The first-order chi connectivity index (χ1) is 11.1. The van der Waals surface area contributed by atoms with Gasteiger partial charge in [0.15, 0.2) is 0 Å². The number of fused-ring (bicyclic) bond motifs is 1. The van der Waals surface area contributed by atoms with Gasteiger partial charge in [0.1, 0.15) is 11.6 Å². The van der Waals surface area contributed by atoms with Crippen LogP contribution >= 0.6 is 23.5 Å². The molecule has 1 aliphatic rings. The summed E-state index contributed by atoms with van der Waals surface area (Å²) in [6.07, 6.45) is 3.06. The molecule has 0 fully saturated rings. The number of hydrogen-bond acceptors (Lipinski definition) is 4. The van der Waals surface area contributed by atoms with Crippen molar-refractivity contribution < 1.29 is 9.50 Å². The quantitative estimate of drug-likeness (QED) is 0.737. The first kappa shape index (κ1) is 16.5. The van der Waals surface area contributed by atoms with Gasteiger partial charge in [-0.1, -0.05) is 13.3 Å². The van der Waals surface area contributed by atoms with E-state index in [4.69, 9.17) is 0 Å². The third kappa shape index (κ3) is 3.45.